The second-order valence-electron chi connectivity index (χ2n) is 4.27. The van der Waals surface area contributed by atoms with Gasteiger partial charge in [0.1, 0.15) is 11.4 Å². The van der Waals surface area contributed by atoms with E-state index in [2.05, 4.69) is 31.0 Å². The number of nitrogens with one attached hydrogen (secondary N) is 1. The molecule has 0 aliphatic heterocycles. The molecule has 17 heavy (non-hydrogen) atoms. The van der Waals surface area contributed by atoms with Gasteiger partial charge in [-0.15, -0.1) is 0 Å². The largest absolute Gasteiger partial charge is 0.483 e. The van der Waals surface area contributed by atoms with E-state index in [4.69, 9.17) is 4.74 Å². The molecular weight excluding hydrogens is 210 g/mol. The number of hydrogen-bond donors (Lipinski definition) is 1. The van der Waals surface area contributed by atoms with E-state index in [0.717, 1.165) is 17.9 Å². The van der Waals surface area contributed by atoms with Gasteiger partial charge in [-0.2, -0.15) is 0 Å². The lowest BCUT2D eigenvalue weighted by Crippen LogP contribution is -2.31. The van der Waals surface area contributed by atoms with Crippen molar-refractivity contribution in [1.29, 1.82) is 0 Å². The number of allylic oxidation sites excluding steroid dienone is 1. The van der Waals surface area contributed by atoms with Crippen molar-refractivity contribution in [2.45, 2.75) is 18.9 Å². The quantitative estimate of drug-likeness (QED) is 0.851. The van der Waals surface area contributed by atoms with Crippen LogP contribution < -0.4 is 10.1 Å². The minimum absolute atomic E-state index is 0.270. The number of benzene rings is 1. The summed E-state index contributed by atoms with van der Waals surface area (Å²) in [5, 5.41) is 3.07. The summed E-state index contributed by atoms with van der Waals surface area (Å²) < 4.78 is 5.98. The maximum Gasteiger partial charge on any atom is 0.128 e. The third-order valence-electron chi connectivity index (χ3n) is 2.71. The summed E-state index contributed by atoms with van der Waals surface area (Å²) >= 11 is 0. The third kappa shape index (κ3) is 3.00. The van der Waals surface area contributed by atoms with Crippen molar-refractivity contribution in [3.05, 3.63) is 67.0 Å². The highest BCUT2D eigenvalue weighted by Gasteiger charge is 2.24. The molecule has 0 saturated carbocycles. The minimum Gasteiger partial charge on any atom is -0.483 e. The van der Waals surface area contributed by atoms with Crippen LogP contribution in [-0.2, 0) is 0 Å². The third-order valence-corrected chi connectivity index (χ3v) is 2.71. The highest BCUT2D eigenvalue weighted by Crippen LogP contribution is 2.26. The average Bonchev–Trinajstić information content (AvgIpc) is 2.34. The molecule has 0 fully saturated rings. The predicted molar refractivity (Wildman–Crippen MR) is 70.6 cm³/mol. The zero-order valence-corrected chi connectivity index (χ0v) is 10.0. The van der Waals surface area contributed by atoms with Crippen LogP contribution >= 0.6 is 0 Å². The van der Waals surface area contributed by atoms with Gasteiger partial charge in [0.05, 0.1) is 0 Å². The summed E-state index contributed by atoms with van der Waals surface area (Å²) in [5.74, 6) is 0.896. The van der Waals surface area contributed by atoms with Crippen LogP contribution in [-0.4, -0.2) is 5.60 Å². The molecule has 1 aliphatic carbocycles. The molecule has 88 valence electrons. The van der Waals surface area contributed by atoms with E-state index >= 15 is 0 Å². The van der Waals surface area contributed by atoms with E-state index in [9.17, 15) is 0 Å². The van der Waals surface area contributed by atoms with E-state index in [1.54, 1.807) is 6.20 Å². The SMILES string of the molecule is C=CNC1=CCC(C)(Oc2ccccc2)C=C1. The molecule has 2 nitrogen and oxygen atoms in total. The van der Waals surface area contributed by atoms with Gasteiger partial charge in [0.15, 0.2) is 0 Å². The van der Waals surface area contributed by atoms with Crippen molar-refractivity contribution >= 4 is 0 Å². The zero-order valence-electron chi connectivity index (χ0n) is 10.0. The summed E-state index contributed by atoms with van der Waals surface area (Å²) in [6, 6.07) is 9.88. The summed E-state index contributed by atoms with van der Waals surface area (Å²) in [7, 11) is 0. The topological polar surface area (TPSA) is 21.3 Å². The molecule has 0 saturated heterocycles. The van der Waals surface area contributed by atoms with Crippen LogP contribution in [0.2, 0.25) is 0 Å². The highest BCUT2D eigenvalue weighted by atomic mass is 16.5. The van der Waals surface area contributed by atoms with Gasteiger partial charge in [-0.3, -0.25) is 0 Å². The van der Waals surface area contributed by atoms with Gasteiger partial charge in [0.25, 0.3) is 0 Å². The Morgan fingerprint density at radius 1 is 1.35 bits per heavy atom. The molecule has 1 atom stereocenters. The molecule has 0 heterocycles. The fourth-order valence-corrected chi connectivity index (χ4v) is 1.77. The van der Waals surface area contributed by atoms with Gasteiger partial charge >= 0.3 is 0 Å². The van der Waals surface area contributed by atoms with E-state index in [1.807, 2.05) is 36.4 Å². The number of ether oxygens (including phenoxy) is 1. The van der Waals surface area contributed by atoms with Crippen LogP contribution in [0, 0.1) is 0 Å². The molecule has 0 bridgehead atoms. The first-order chi connectivity index (χ1) is 8.22. The first kappa shape index (κ1) is 11.5. The highest BCUT2D eigenvalue weighted by molar-refractivity contribution is 5.30. The summed E-state index contributed by atoms with van der Waals surface area (Å²) in [6.07, 6.45) is 8.73. The van der Waals surface area contributed by atoms with Crippen molar-refractivity contribution in [1.82, 2.24) is 5.32 Å². The Hall–Kier alpha value is -1.96. The van der Waals surface area contributed by atoms with E-state index in [-0.39, 0.29) is 5.60 Å². The lowest BCUT2D eigenvalue weighted by atomic mass is 9.96. The van der Waals surface area contributed by atoms with Crippen LogP contribution in [0.15, 0.2) is 67.0 Å². The van der Waals surface area contributed by atoms with Crippen LogP contribution in [0.1, 0.15) is 13.3 Å². The Balaban J connectivity index is 2.04. The van der Waals surface area contributed by atoms with Crippen molar-refractivity contribution in [3.63, 3.8) is 0 Å². The standard InChI is InChI=1S/C15H17NO/c1-3-16-13-9-11-15(2,12-10-13)17-14-7-5-4-6-8-14/h3-11,16H,1,12H2,2H3. The molecule has 2 heteroatoms. The van der Waals surface area contributed by atoms with Crippen LogP contribution in [0.4, 0.5) is 0 Å². The van der Waals surface area contributed by atoms with E-state index in [0.29, 0.717) is 0 Å². The second kappa shape index (κ2) is 4.91. The predicted octanol–water partition coefficient (Wildman–Crippen LogP) is 3.40. The summed E-state index contributed by atoms with van der Waals surface area (Å²) in [5.41, 5.74) is 0.794. The van der Waals surface area contributed by atoms with Gasteiger partial charge in [-0.25, -0.2) is 0 Å². The zero-order chi connectivity index (χ0) is 12.1. The van der Waals surface area contributed by atoms with Crippen LogP contribution in [0.5, 0.6) is 5.75 Å². The normalized spacial score (nSPS) is 22.8. The number of hydrogen-bond acceptors (Lipinski definition) is 2. The number of para-hydroxylation sites is 1. The molecule has 1 unspecified atom stereocenters. The first-order valence-electron chi connectivity index (χ1n) is 5.73. The molecule has 0 amide bonds. The van der Waals surface area contributed by atoms with Gasteiger partial charge in [0, 0.05) is 12.1 Å². The Bertz CT molecular complexity index is 447. The molecule has 1 aromatic carbocycles. The van der Waals surface area contributed by atoms with Crippen LogP contribution in [0.3, 0.4) is 0 Å². The summed E-state index contributed by atoms with van der Waals surface area (Å²) in [4.78, 5) is 0. The van der Waals surface area contributed by atoms with E-state index in [1.165, 1.54) is 0 Å². The first-order valence-corrected chi connectivity index (χ1v) is 5.73. The monoisotopic (exact) mass is 227 g/mol. The van der Waals surface area contributed by atoms with Gasteiger partial charge in [-0.05, 0) is 37.4 Å². The molecule has 0 spiro atoms. The Morgan fingerprint density at radius 2 is 2.12 bits per heavy atom. The fourth-order valence-electron chi connectivity index (χ4n) is 1.77. The Kier molecular flexibility index (Phi) is 3.33. The maximum atomic E-state index is 5.98. The Morgan fingerprint density at radius 3 is 2.71 bits per heavy atom. The van der Waals surface area contributed by atoms with Crippen molar-refractivity contribution in [2.24, 2.45) is 0 Å². The summed E-state index contributed by atoms with van der Waals surface area (Å²) in [6.45, 7) is 5.72. The van der Waals surface area contributed by atoms with Gasteiger partial charge in [0.2, 0.25) is 0 Å². The molecule has 1 N–H and O–H groups in total. The molecule has 1 aromatic rings. The molecule has 0 radical (unpaired) electrons. The average molecular weight is 227 g/mol. The molecule has 2 rings (SSSR count). The minimum atomic E-state index is -0.270. The number of rotatable bonds is 4. The van der Waals surface area contributed by atoms with Crippen molar-refractivity contribution in [2.75, 3.05) is 0 Å². The van der Waals surface area contributed by atoms with E-state index < -0.39 is 0 Å². The molecule has 0 aromatic heterocycles. The van der Waals surface area contributed by atoms with Crippen LogP contribution in [0.25, 0.3) is 0 Å². The molecule has 1 aliphatic rings. The van der Waals surface area contributed by atoms with Gasteiger partial charge < -0.3 is 10.1 Å². The lowest BCUT2D eigenvalue weighted by Gasteiger charge is -2.29. The van der Waals surface area contributed by atoms with Crippen molar-refractivity contribution < 1.29 is 4.74 Å². The van der Waals surface area contributed by atoms with Gasteiger partial charge in [-0.1, -0.05) is 30.9 Å². The lowest BCUT2D eigenvalue weighted by molar-refractivity contribution is 0.142. The molecular formula is C15H17NO. The Labute approximate surface area is 102 Å². The fraction of sp³-hybridized carbons (Fsp3) is 0.200. The smallest absolute Gasteiger partial charge is 0.128 e. The second-order valence-corrected chi connectivity index (χ2v) is 4.27. The maximum absolute atomic E-state index is 5.98. The van der Waals surface area contributed by atoms with Crippen molar-refractivity contribution in [3.8, 4) is 5.75 Å².